The summed E-state index contributed by atoms with van der Waals surface area (Å²) in [5.74, 6) is 6.42. The first kappa shape index (κ1) is 22.7. The molecule has 0 aliphatic carbocycles. The number of likely N-dealkylation sites (N-methyl/N-ethyl adjacent to an activating group) is 1. The van der Waals surface area contributed by atoms with Crippen LogP contribution < -0.4 is 16.2 Å². The average Bonchev–Trinajstić information content (AvgIpc) is 3.13. The van der Waals surface area contributed by atoms with Gasteiger partial charge in [-0.2, -0.15) is 5.10 Å². The van der Waals surface area contributed by atoms with Crippen molar-refractivity contribution in [1.82, 2.24) is 19.3 Å². The smallest absolute Gasteiger partial charge is 0.293 e. The Morgan fingerprint density at radius 1 is 1.38 bits per heavy atom. The van der Waals surface area contributed by atoms with Crippen LogP contribution in [-0.2, 0) is 13.1 Å². The molecule has 2 N–H and O–H groups in total. The lowest BCUT2D eigenvalue weighted by Crippen LogP contribution is -2.34. The minimum absolute atomic E-state index is 0.00228. The Morgan fingerprint density at radius 3 is 2.81 bits per heavy atom. The molecule has 0 radical (unpaired) electrons. The zero-order valence-electron chi connectivity index (χ0n) is 18.2. The Hall–Kier alpha value is -3.97. The van der Waals surface area contributed by atoms with Gasteiger partial charge in [0.1, 0.15) is 11.0 Å². The van der Waals surface area contributed by atoms with Gasteiger partial charge in [0.25, 0.3) is 11.2 Å². The number of anilines is 1. The summed E-state index contributed by atoms with van der Waals surface area (Å²) in [4.78, 5) is 30.4. The van der Waals surface area contributed by atoms with Crippen molar-refractivity contribution in [3.8, 4) is 11.8 Å². The summed E-state index contributed by atoms with van der Waals surface area (Å²) >= 11 is 0. The minimum atomic E-state index is -0.441. The number of allylic oxidation sites excluding steroid dienone is 1. The van der Waals surface area contributed by atoms with Gasteiger partial charge in [0.05, 0.1) is 29.8 Å². The zero-order valence-corrected chi connectivity index (χ0v) is 18.2. The van der Waals surface area contributed by atoms with Crippen molar-refractivity contribution in [2.24, 2.45) is 5.73 Å². The van der Waals surface area contributed by atoms with Crippen LogP contribution in [-0.4, -0.2) is 43.9 Å². The maximum atomic E-state index is 13.2. The Labute approximate surface area is 185 Å². The summed E-state index contributed by atoms with van der Waals surface area (Å²) in [5.41, 5.74) is 6.93. The van der Waals surface area contributed by atoms with E-state index in [0.29, 0.717) is 35.6 Å². The average molecular weight is 435 g/mol. The molecule has 0 aliphatic heterocycles. The predicted octanol–water partition coefficient (Wildman–Crippen LogP) is 2.02. The Balaban J connectivity index is 1.99. The maximum absolute atomic E-state index is 13.2. The molecule has 2 aromatic heterocycles. The molecule has 3 rings (SSSR count). The molecule has 10 nitrogen and oxygen atoms in total. The van der Waals surface area contributed by atoms with Crippen LogP contribution in [0.4, 0.5) is 11.6 Å². The molecule has 10 heteroatoms. The topological polar surface area (TPSA) is 125 Å². The minimum Gasteiger partial charge on any atom is -0.344 e. The molecule has 2 heterocycles. The van der Waals surface area contributed by atoms with Gasteiger partial charge in [-0.05, 0) is 19.9 Å². The van der Waals surface area contributed by atoms with Crippen LogP contribution in [0.3, 0.4) is 0 Å². The summed E-state index contributed by atoms with van der Waals surface area (Å²) in [6, 6.07) is 6.33. The Bertz CT molecular complexity index is 1280. The highest BCUT2D eigenvalue weighted by Crippen LogP contribution is 2.20. The molecule has 0 saturated carbocycles. The van der Waals surface area contributed by atoms with Crippen LogP contribution in [0.5, 0.6) is 0 Å². The fraction of sp³-hybridized carbons (Fsp3) is 0.318. The van der Waals surface area contributed by atoms with E-state index in [9.17, 15) is 14.9 Å². The van der Waals surface area contributed by atoms with E-state index in [-0.39, 0.29) is 23.8 Å². The first-order valence-electron chi connectivity index (χ1n) is 10.1. The molecule has 0 spiro atoms. The number of para-hydroxylation sites is 1. The quantitative estimate of drug-likeness (QED) is 0.326. The standard InChI is InChI=1S/C22H25N7O3/c1-4-5-12-27-20-18(25-22(27)26(3)15-16(2)23)14-24-28(21(20)30)13-8-10-17-9-6-7-11-19(17)29(31)32/h6-11,14,16H,12-13,15,23H2,1-3H3/b10-8+. The third-order valence-electron chi connectivity index (χ3n) is 4.76. The van der Waals surface area contributed by atoms with Gasteiger partial charge in [0.15, 0.2) is 0 Å². The highest BCUT2D eigenvalue weighted by Gasteiger charge is 2.19. The van der Waals surface area contributed by atoms with Crippen molar-refractivity contribution in [3.63, 3.8) is 0 Å². The molecule has 1 atom stereocenters. The fourth-order valence-corrected chi connectivity index (χ4v) is 3.39. The highest BCUT2D eigenvalue weighted by molar-refractivity contribution is 5.77. The molecule has 1 aromatic carbocycles. The van der Waals surface area contributed by atoms with E-state index in [0.717, 1.165) is 0 Å². The van der Waals surface area contributed by atoms with Crippen LogP contribution in [0.15, 0.2) is 41.3 Å². The van der Waals surface area contributed by atoms with Crippen molar-refractivity contribution >= 4 is 28.7 Å². The molecule has 0 aliphatic rings. The SMILES string of the molecule is CC#CCn1c(N(C)CC(C)N)nc2cnn(C/C=C/c3ccccc3[N+](=O)[O-])c(=O)c21. The number of fused-ring (bicyclic) bond motifs is 1. The largest absolute Gasteiger partial charge is 0.344 e. The van der Waals surface area contributed by atoms with Crippen LogP contribution in [0.1, 0.15) is 19.4 Å². The van der Waals surface area contributed by atoms with E-state index >= 15 is 0 Å². The lowest BCUT2D eigenvalue weighted by molar-refractivity contribution is -0.385. The predicted molar refractivity (Wildman–Crippen MR) is 124 cm³/mol. The molecule has 0 bridgehead atoms. The molecule has 0 saturated heterocycles. The van der Waals surface area contributed by atoms with Gasteiger partial charge in [-0.25, -0.2) is 9.67 Å². The Kier molecular flexibility index (Phi) is 7.02. The number of aromatic nitrogens is 4. The second-order valence-electron chi connectivity index (χ2n) is 7.37. The van der Waals surface area contributed by atoms with E-state index in [1.54, 1.807) is 41.8 Å². The summed E-state index contributed by atoms with van der Waals surface area (Å²) in [7, 11) is 1.86. The number of nitro benzene ring substituents is 1. The van der Waals surface area contributed by atoms with E-state index in [1.165, 1.54) is 16.9 Å². The number of imidazole rings is 1. The number of nitro groups is 1. The molecule has 3 aromatic rings. The second-order valence-corrected chi connectivity index (χ2v) is 7.37. The first-order valence-corrected chi connectivity index (χ1v) is 10.1. The lowest BCUT2D eigenvalue weighted by atomic mass is 10.1. The summed E-state index contributed by atoms with van der Waals surface area (Å²) in [6.45, 7) is 4.64. The van der Waals surface area contributed by atoms with Gasteiger partial charge in [-0.1, -0.05) is 30.2 Å². The van der Waals surface area contributed by atoms with Crippen LogP contribution in [0.2, 0.25) is 0 Å². The molecular formula is C22H25N7O3. The monoisotopic (exact) mass is 435 g/mol. The van der Waals surface area contributed by atoms with Gasteiger partial charge in [0, 0.05) is 25.7 Å². The molecular weight excluding hydrogens is 410 g/mol. The lowest BCUT2D eigenvalue weighted by Gasteiger charge is -2.20. The molecule has 0 amide bonds. The summed E-state index contributed by atoms with van der Waals surface area (Å²) in [5, 5.41) is 15.4. The van der Waals surface area contributed by atoms with Gasteiger partial charge in [-0.3, -0.25) is 19.5 Å². The van der Waals surface area contributed by atoms with Gasteiger partial charge >= 0.3 is 0 Å². The molecule has 0 fully saturated rings. The van der Waals surface area contributed by atoms with Gasteiger partial charge in [0.2, 0.25) is 5.95 Å². The van der Waals surface area contributed by atoms with Crippen molar-refractivity contribution < 1.29 is 4.92 Å². The number of hydrogen-bond acceptors (Lipinski definition) is 7. The van der Waals surface area contributed by atoms with Crippen LogP contribution in [0.25, 0.3) is 17.1 Å². The van der Waals surface area contributed by atoms with E-state index in [1.807, 2.05) is 18.9 Å². The first-order chi connectivity index (χ1) is 15.3. The fourth-order valence-electron chi connectivity index (χ4n) is 3.39. The van der Waals surface area contributed by atoms with Gasteiger partial charge < -0.3 is 10.6 Å². The summed E-state index contributed by atoms with van der Waals surface area (Å²) in [6.07, 6.45) is 4.81. The molecule has 32 heavy (non-hydrogen) atoms. The maximum Gasteiger partial charge on any atom is 0.293 e. The van der Waals surface area contributed by atoms with Crippen molar-refractivity contribution in [2.45, 2.75) is 33.0 Å². The third kappa shape index (κ3) is 4.84. The molecule has 1 unspecified atom stereocenters. The highest BCUT2D eigenvalue weighted by atomic mass is 16.6. The van der Waals surface area contributed by atoms with Crippen molar-refractivity contribution in [2.75, 3.05) is 18.5 Å². The normalized spacial score (nSPS) is 12.0. The van der Waals surface area contributed by atoms with Crippen molar-refractivity contribution in [3.05, 3.63) is 62.6 Å². The van der Waals surface area contributed by atoms with E-state index in [4.69, 9.17) is 5.73 Å². The third-order valence-corrected chi connectivity index (χ3v) is 4.76. The number of benzene rings is 1. The number of nitrogens with zero attached hydrogens (tertiary/aromatic N) is 6. The second kappa shape index (κ2) is 9.89. The van der Waals surface area contributed by atoms with Crippen LogP contribution >= 0.6 is 0 Å². The number of rotatable bonds is 8. The number of nitrogens with two attached hydrogens (primary N) is 1. The Morgan fingerprint density at radius 2 is 2.12 bits per heavy atom. The molecule has 166 valence electrons. The van der Waals surface area contributed by atoms with Crippen LogP contribution in [0, 0.1) is 22.0 Å². The number of hydrogen-bond donors (Lipinski definition) is 1. The zero-order chi connectivity index (χ0) is 23.3. The van der Waals surface area contributed by atoms with Crippen molar-refractivity contribution in [1.29, 1.82) is 0 Å². The van der Waals surface area contributed by atoms with E-state index < -0.39 is 4.92 Å². The van der Waals surface area contributed by atoms with E-state index in [2.05, 4.69) is 21.9 Å². The van der Waals surface area contributed by atoms with Gasteiger partial charge in [-0.15, -0.1) is 5.92 Å². The summed E-state index contributed by atoms with van der Waals surface area (Å²) < 4.78 is 3.06.